The molecule has 0 saturated carbocycles. The SMILES string of the molecule is CC(C)c1nc(CS(=O)(=O)c2ncccc2Cl)no1. The van der Waals surface area contributed by atoms with Crippen molar-refractivity contribution in [3.05, 3.63) is 35.1 Å². The summed E-state index contributed by atoms with van der Waals surface area (Å²) in [7, 11) is -3.68. The molecule has 8 heteroatoms. The van der Waals surface area contributed by atoms with Crippen molar-refractivity contribution in [2.75, 3.05) is 0 Å². The molecule has 0 saturated heterocycles. The molecule has 0 aliphatic heterocycles. The topological polar surface area (TPSA) is 86.0 Å². The van der Waals surface area contributed by atoms with E-state index in [-0.39, 0.29) is 27.5 Å². The maximum absolute atomic E-state index is 12.1. The minimum absolute atomic E-state index is 0.0439. The van der Waals surface area contributed by atoms with E-state index in [0.717, 1.165) is 0 Å². The quantitative estimate of drug-likeness (QED) is 0.860. The highest BCUT2D eigenvalue weighted by Crippen LogP contribution is 2.21. The second-order valence-corrected chi connectivity index (χ2v) is 6.57. The first kappa shape index (κ1) is 14.0. The Morgan fingerprint density at radius 2 is 2.16 bits per heavy atom. The highest BCUT2D eigenvalue weighted by Gasteiger charge is 2.23. The molecule has 2 aromatic heterocycles. The third kappa shape index (κ3) is 3.10. The van der Waals surface area contributed by atoms with Crippen LogP contribution in [0.25, 0.3) is 0 Å². The number of hydrogen-bond donors (Lipinski definition) is 0. The standard InChI is InChI=1S/C11H12ClN3O3S/c1-7(2)10-14-9(15-18-10)6-19(16,17)11-8(12)4-3-5-13-11/h3-5,7H,6H2,1-2H3. The molecule has 2 rings (SSSR count). The van der Waals surface area contributed by atoms with Gasteiger partial charge in [0, 0.05) is 12.1 Å². The van der Waals surface area contributed by atoms with E-state index in [0.29, 0.717) is 5.89 Å². The first-order valence-electron chi connectivity index (χ1n) is 5.56. The summed E-state index contributed by atoms with van der Waals surface area (Å²) in [6.45, 7) is 3.75. The molecule has 0 aliphatic rings. The Morgan fingerprint density at radius 3 is 2.74 bits per heavy atom. The van der Waals surface area contributed by atoms with E-state index in [1.807, 2.05) is 13.8 Å². The summed E-state index contributed by atoms with van der Waals surface area (Å²) in [6.07, 6.45) is 1.37. The first-order valence-corrected chi connectivity index (χ1v) is 7.59. The van der Waals surface area contributed by atoms with Crippen molar-refractivity contribution < 1.29 is 12.9 Å². The van der Waals surface area contributed by atoms with Gasteiger partial charge in [-0.05, 0) is 12.1 Å². The maximum atomic E-state index is 12.1. The van der Waals surface area contributed by atoms with Crippen molar-refractivity contribution in [2.45, 2.75) is 30.5 Å². The van der Waals surface area contributed by atoms with Gasteiger partial charge in [-0.25, -0.2) is 13.4 Å². The van der Waals surface area contributed by atoms with Crippen molar-refractivity contribution in [3.63, 3.8) is 0 Å². The molecular weight excluding hydrogens is 290 g/mol. The summed E-state index contributed by atoms with van der Waals surface area (Å²) in [4.78, 5) is 7.80. The minimum Gasteiger partial charge on any atom is -0.339 e. The van der Waals surface area contributed by atoms with Crippen molar-refractivity contribution in [3.8, 4) is 0 Å². The zero-order valence-corrected chi connectivity index (χ0v) is 11.9. The zero-order valence-electron chi connectivity index (χ0n) is 10.4. The molecular formula is C11H12ClN3O3S. The number of sulfone groups is 1. The smallest absolute Gasteiger partial charge is 0.229 e. The van der Waals surface area contributed by atoms with Gasteiger partial charge in [0.15, 0.2) is 10.9 Å². The fourth-order valence-electron chi connectivity index (χ4n) is 1.40. The van der Waals surface area contributed by atoms with E-state index in [4.69, 9.17) is 16.1 Å². The van der Waals surface area contributed by atoms with Crippen LogP contribution in [0.1, 0.15) is 31.5 Å². The molecule has 0 atom stereocenters. The van der Waals surface area contributed by atoms with Crippen LogP contribution in [0.4, 0.5) is 0 Å². The van der Waals surface area contributed by atoms with Crippen molar-refractivity contribution in [1.29, 1.82) is 0 Å². The summed E-state index contributed by atoms with van der Waals surface area (Å²) >= 11 is 5.82. The lowest BCUT2D eigenvalue weighted by molar-refractivity contribution is 0.361. The van der Waals surface area contributed by atoms with Crippen LogP contribution in [0, 0.1) is 0 Å². The Bertz CT molecular complexity index is 682. The van der Waals surface area contributed by atoms with E-state index in [1.54, 1.807) is 6.07 Å². The second-order valence-electron chi connectivity index (χ2n) is 4.25. The third-order valence-corrected chi connectivity index (χ3v) is 4.29. The molecule has 2 heterocycles. The number of hydrogen-bond acceptors (Lipinski definition) is 6. The normalized spacial score (nSPS) is 12.0. The van der Waals surface area contributed by atoms with Gasteiger partial charge in [0.25, 0.3) is 0 Å². The lowest BCUT2D eigenvalue weighted by Gasteiger charge is -2.02. The van der Waals surface area contributed by atoms with Gasteiger partial charge in [0.1, 0.15) is 5.75 Å². The highest BCUT2D eigenvalue weighted by atomic mass is 35.5. The number of halogens is 1. The predicted octanol–water partition coefficient (Wildman–Crippen LogP) is 2.22. The fraction of sp³-hybridized carbons (Fsp3) is 0.364. The Hall–Kier alpha value is -1.47. The third-order valence-electron chi connectivity index (χ3n) is 2.32. The van der Waals surface area contributed by atoms with Gasteiger partial charge < -0.3 is 4.52 Å². The van der Waals surface area contributed by atoms with E-state index >= 15 is 0 Å². The van der Waals surface area contributed by atoms with Crippen LogP contribution >= 0.6 is 11.6 Å². The molecule has 102 valence electrons. The molecule has 0 aromatic carbocycles. The molecule has 19 heavy (non-hydrogen) atoms. The van der Waals surface area contributed by atoms with Crippen LogP contribution in [-0.2, 0) is 15.6 Å². The van der Waals surface area contributed by atoms with E-state index in [9.17, 15) is 8.42 Å². The first-order chi connectivity index (χ1) is 8.90. The van der Waals surface area contributed by atoms with Gasteiger partial charge in [-0.3, -0.25) is 0 Å². The lowest BCUT2D eigenvalue weighted by Crippen LogP contribution is -2.09. The zero-order chi connectivity index (χ0) is 14.0. The Balaban J connectivity index is 2.29. The number of aromatic nitrogens is 3. The van der Waals surface area contributed by atoms with Crippen molar-refractivity contribution in [1.82, 2.24) is 15.1 Å². The summed E-state index contributed by atoms with van der Waals surface area (Å²) in [5.41, 5.74) is 0. The predicted molar refractivity (Wildman–Crippen MR) is 68.5 cm³/mol. The van der Waals surface area contributed by atoms with Crippen molar-refractivity contribution in [2.24, 2.45) is 0 Å². The van der Waals surface area contributed by atoms with Crippen LogP contribution in [0.3, 0.4) is 0 Å². The fourth-order valence-corrected chi connectivity index (χ4v) is 3.05. The van der Waals surface area contributed by atoms with Crippen LogP contribution in [-0.4, -0.2) is 23.5 Å². The highest BCUT2D eigenvalue weighted by molar-refractivity contribution is 7.90. The van der Waals surface area contributed by atoms with Gasteiger partial charge in [-0.1, -0.05) is 30.6 Å². The van der Waals surface area contributed by atoms with Gasteiger partial charge in [-0.2, -0.15) is 4.98 Å². The van der Waals surface area contributed by atoms with Crippen LogP contribution in [0.2, 0.25) is 5.02 Å². The average molecular weight is 302 g/mol. The number of rotatable bonds is 4. The largest absolute Gasteiger partial charge is 0.339 e. The minimum atomic E-state index is -3.68. The van der Waals surface area contributed by atoms with Gasteiger partial charge in [-0.15, -0.1) is 0 Å². The summed E-state index contributed by atoms with van der Waals surface area (Å²) in [6, 6.07) is 3.03. The number of nitrogens with zero attached hydrogens (tertiary/aromatic N) is 3. The summed E-state index contributed by atoms with van der Waals surface area (Å²) in [5, 5.41) is 3.55. The average Bonchev–Trinajstić information content (AvgIpc) is 2.77. The van der Waals surface area contributed by atoms with E-state index < -0.39 is 9.84 Å². The van der Waals surface area contributed by atoms with Crippen LogP contribution < -0.4 is 0 Å². The second kappa shape index (κ2) is 5.26. The molecule has 0 fully saturated rings. The van der Waals surface area contributed by atoms with Crippen LogP contribution in [0.5, 0.6) is 0 Å². The van der Waals surface area contributed by atoms with E-state index in [1.165, 1.54) is 12.3 Å². The number of pyridine rings is 1. The van der Waals surface area contributed by atoms with Crippen molar-refractivity contribution >= 4 is 21.4 Å². The Morgan fingerprint density at radius 1 is 1.42 bits per heavy atom. The molecule has 2 aromatic rings. The van der Waals surface area contributed by atoms with Crippen LogP contribution in [0.15, 0.2) is 27.9 Å². The molecule has 0 spiro atoms. The summed E-state index contributed by atoms with van der Waals surface area (Å²) < 4.78 is 29.2. The van der Waals surface area contributed by atoms with Gasteiger partial charge >= 0.3 is 0 Å². The molecule has 0 N–H and O–H groups in total. The molecule has 0 bridgehead atoms. The molecule has 0 aliphatic carbocycles. The molecule has 0 unspecified atom stereocenters. The molecule has 0 radical (unpaired) electrons. The maximum Gasteiger partial charge on any atom is 0.229 e. The van der Waals surface area contributed by atoms with Gasteiger partial charge in [0.05, 0.1) is 5.02 Å². The summed E-state index contributed by atoms with van der Waals surface area (Å²) in [5.74, 6) is 0.157. The lowest BCUT2D eigenvalue weighted by atomic mass is 10.2. The molecule has 0 amide bonds. The monoisotopic (exact) mass is 301 g/mol. The van der Waals surface area contributed by atoms with Gasteiger partial charge in [0.2, 0.25) is 15.7 Å². The Labute approximate surface area is 115 Å². The Kier molecular flexibility index (Phi) is 3.86. The molecule has 6 nitrogen and oxygen atoms in total. The van der Waals surface area contributed by atoms with E-state index in [2.05, 4.69) is 15.1 Å².